The van der Waals surface area contributed by atoms with Gasteiger partial charge in [-0.25, -0.2) is 4.98 Å². The van der Waals surface area contributed by atoms with Crippen molar-refractivity contribution in [3.05, 3.63) is 94.3 Å². The van der Waals surface area contributed by atoms with Gasteiger partial charge in [-0.05, 0) is 54.8 Å². The molecule has 0 bridgehead atoms. The van der Waals surface area contributed by atoms with E-state index in [-0.39, 0.29) is 11.7 Å². The van der Waals surface area contributed by atoms with Crippen molar-refractivity contribution in [2.75, 3.05) is 7.05 Å². The summed E-state index contributed by atoms with van der Waals surface area (Å²) in [5.41, 5.74) is 3.48. The fraction of sp³-hybridized carbons (Fsp3) is 0.160. The number of fused-ring (bicyclic) bond motifs is 2. The van der Waals surface area contributed by atoms with Crippen LogP contribution in [0.4, 0.5) is 0 Å². The third kappa shape index (κ3) is 2.48. The number of aryl methyl sites for hydroxylation is 2. The third-order valence-corrected chi connectivity index (χ3v) is 6.25. The zero-order chi connectivity index (χ0) is 21.9. The number of hydrogen-bond donors (Lipinski definition) is 2. The van der Waals surface area contributed by atoms with Gasteiger partial charge in [-0.2, -0.15) is 0 Å². The Morgan fingerprint density at radius 2 is 1.58 bits per heavy atom. The highest BCUT2D eigenvalue weighted by Crippen LogP contribution is 2.47. The number of phenolic OH excluding ortho intramolecular Hbond substituents is 1. The molecule has 2 amide bonds. The molecular formula is C25H21N3O3. The van der Waals surface area contributed by atoms with Crippen LogP contribution >= 0.6 is 0 Å². The summed E-state index contributed by atoms with van der Waals surface area (Å²) >= 11 is 0. The molecular weight excluding hydrogens is 390 g/mol. The number of hydrogen-bond acceptors (Lipinski definition) is 4. The van der Waals surface area contributed by atoms with Crippen LogP contribution in [0.1, 0.15) is 38.4 Å². The Kier molecular flexibility index (Phi) is 4.02. The lowest BCUT2D eigenvalue weighted by Crippen LogP contribution is -2.54. The molecule has 6 heteroatoms. The Labute approximate surface area is 179 Å². The number of aromatic nitrogens is 2. The minimum absolute atomic E-state index is 0.0405. The number of para-hydroxylation sites is 1. The van der Waals surface area contributed by atoms with Gasteiger partial charge in [0.1, 0.15) is 11.6 Å². The second-order valence-electron chi connectivity index (χ2n) is 8.02. The average molecular weight is 411 g/mol. The molecule has 6 nitrogen and oxygen atoms in total. The summed E-state index contributed by atoms with van der Waals surface area (Å²) in [5, 5.41) is 10.9. The van der Waals surface area contributed by atoms with Crippen molar-refractivity contribution in [1.82, 2.24) is 14.9 Å². The summed E-state index contributed by atoms with van der Waals surface area (Å²) < 4.78 is 0. The Balaban J connectivity index is 1.95. The molecule has 0 aliphatic carbocycles. The van der Waals surface area contributed by atoms with Crippen LogP contribution in [-0.2, 0) is 10.2 Å². The molecule has 2 N–H and O–H groups in total. The molecule has 0 fully saturated rings. The van der Waals surface area contributed by atoms with E-state index in [1.54, 1.807) is 48.5 Å². The Morgan fingerprint density at radius 3 is 2.32 bits per heavy atom. The number of benzene rings is 3. The van der Waals surface area contributed by atoms with Gasteiger partial charge < -0.3 is 10.1 Å². The number of likely N-dealkylation sites (N-methyl/N-ethyl adjacent to an activating group) is 1. The highest BCUT2D eigenvalue weighted by molar-refractivity contribution is 6.15. The standard InChI is InChI=1S/C25H21N3O3/c1-14-12-19-20(13-15(14)2)27-23(26-19)25(18-10-6-7-11-21(18)29)17-9-5-4-8-16(17)22(30)28(3)24(25)31/h4-13,29H,1-3H3,(H,26,27). The summed E-state index contributed by atoms with van der Waals surface area (Å²) in [6.45, 7) is 4.02. The van der Waals surface area contributed by atoms with Crippen molar-refractivity contribution in [3.8, 4) is 5.75 Å². The van der Waals surface area contributed by atoms with Crippen LogP contribution in [0.3, 0.4) is 0 Å². The molecule has 3 aromatic carbocycles. The van der Waals surface area contributed by atoms with E-state index >= 15 is 0 Å². The number of aromatic amines is 1. The van der Waals surface area contributed by atoms with E-state index in [1.807, 2.05) is 26.0 Å². The molecule has 31 heavy (non-hydrogen) atoms. The number of rotatable bonds is 2. The van der Waals surface area contributed by atoms with Crippen LogP contribution in [0.25, 0.3) is 11.0 Å². The molecule has 2 heterocycles. The molecule has 5 rings (SSSR count). The largest absolute Gasteiger partial charge is 0.508 e. The Morgan fingerprint density at radius 1 is 0.935 bits per heavy atom. The van der Waals surface area contributed by atoms with Crippen molar-refractivity contribution < 1.29 is 14.7 Å². The number of H-pyrrole nitrogens is 1. The SMILES string of the molecule is Cc1cc2nc(C3(c4ccccc4O)C(=O)N(C)C(=O)c4ccccc43)[nH]c2cc1C. The van der Waals surface area contributed by atoms with E-state index in [1.165, 1.54) is 7.05 Å². The molecule has 1 aromatic heterocycles. The summed E-state index contributed by atoms with van der Waals surface area (Å²) in [6, 6.07) is 17.7. The minimum atomic E-state index is -1.49. The van der Waals surface area contributed by atoms with Gasteiger partial charge in [0, 0.05) is 18.2 Å². The smallest absolute Gasteiger partial charge is 0.260 e. The lowest BCUT2D eigenvalue weighted by atomic mass is 9.68. The summed E-state index contributed by atoms with van der Waals surface area (Å²) in [4.78, 5) is 36.1. The number of imidazole rings is 1. The van der Waals surface area contributed by atoms with Crippen LogP contribution < -0.4 is 0 Å². The topological polar surface area (TPSA) is 86.3 Å². The van der Waals surface area contributed by atoms with E-state index < -0.39 is 11.3 Å². The number of amides is 2. The van der Waals surface area contributed by atoms with Crippen LogP contribution in [0.2, 0.25) is 0 Å². The van der Waals surface area contributed by atoms with Gasteiger partial charge in [0.05, 0.1) is 11.0 Å². The minimum Gasteiger partial charge on any atom is -0.508 e. The Bertz CT molecular complexity index is 1350. The number of carbonyl (C=O) groups excluding carboxylic acids is 2. The van der Waals surface area contributed by atoms with Crippen molar-refractivity contribution in [1.29, 1.82) is 0 Å². The van der Waals surface area contributed by atoms with Crippen LogP contribution in [0.5, 0.6) is 5.75 Å². The number of nitrogens with one attached hydrogen (secondary N) is 1. The maximum atomic E-state index is 13.9. The average Bonchev–Trinajstić information content (AvgIpc) is 3.17. The van der Waals surface area contributed by atoms with Gasteiger partial charge in [0.2, 0.25) is 0 Å². The van der Waals surface area contributed by atoms with Gasteiger partial charge in [-0.15, -0.1) is 0 Å². The lowest BCUT2D eigenvalue weighted by molar-refractivity contribution is -0.131. The Hall–Kier alpha value is -3.93. The second kappa shape index (κ2) is 6.54. The molecule has 1 unspecified atom stereocenters. The van der Waals surface area contributed by atoms with E-state index in [2.05, 4.69) is 4.98 Å². The van der Waals surface area contributed by atoms with Crippen molar-refractivity contribution >= 4 is 22.8 Å². The van der Waals surface area contributed by atoms with Gasteiger partial charge in [-0.3, -0.25) is 14.5 Å². The van der Waals surface area contributed by atoms with Gasteiger partial charge in [0.15, 0.2) is 5.41 Å². The van der Waals surface area contributed by atoms with E-state index in [0.29, 0.717) is 22.5 Å². The van der Waals surface area contributed by atoms with Crippen LogP contribution in [-0.4, -0.2) is 38.8 Å². The first-order chi connectivity index (χ1) is 14.9. The predicted octanol–water partition coefficient (Wildman–Crippen LogP) is 3.83. The number of nitrogens with zero attached hydrogens (tertiary/aromatic N) is 2. The van der Waals surface area contributed by atoms with E-state index in [4.69, 9.17) is 4.98 Å². The van der Waals surface area contributed by atoms with E-state index in [0.717, 1.165) is 27.1 Å². The maximum Gasteiger partial charge on any atom is 0.260 e. The molecule has 0 spiro atoms. The predicted molar refractivity (Wildman–Crippen MR) is 117 cm³/mol. The van der Waals surface area contributed by atoms with Crippen LogP contribution in [0, 0.1) is 13.8 Å². The van der Waals surface area contributed by atoms with Crippen molar-refractivity contribution in [2.24, 2.45) is 0 Å². The van der Waals surface area contributed by atoms with E-state index in [9.17, 15) is 14.7 Å². The molecule has 4 aromatic rings. The second-order valence-corrected chi connectivity index (χ2v) is 8.02. The lowest BCUT2D eigenvalue weighted by Gasteiger charge is -2.39. The molecule has 1 aliphatic rings. The molecule has 0 radical (unpaired) electrons. The van der Waals surface area contributed by atoms with Gasteiger partial charge in [0.25, 0.3) is 11.8 Å². The number of phenols is 1. The first-order valence-corrected chi connectivity index (χ1v) is 10.0. The van der Waals surface area contributed by atoms with Gasteiger partial charge in [-0.1, -0.05) is 36.4 Å². The number of carbonyl (C=O) groups is 2. The first-order valence-electron chi connectivity index (χ1n) is 10.0. The first kappa shape index (κ1) is 19.1. The quantitative estimate of drug-likeness (QED) is 0.491. The normalized spacial score (nSPS) is 18.5. The number of imide groups is 1. The maximum absolute atomic E-state index is 13.9. The number of aromatic hydroxyl groups is 1. The summed E-state index contributed by atoms with van der Waals surface area (Å²) in [6.07, 6.45) is 0. The van der Waals surface area contributed by atoms with Gasteiger partial charge >= 0.3 is 0 Å². The molecule has 0 saturated carbocycles. The summed E-state index contributed by atoms with van der Waals surface area (Å²) in [5.74, 6) is -0.522. The highest BCUT2D eigenvalue weighted by atomic mass is 16.3. The fourth-order valence-electron chi connectivity index (χ4n) is 4.49. The van der Waals surface area contributed by atoms with Crippen LogP contribution in [0.15, 0.2) is 60.7 Å². The fourth-order valence-corrected chi connectivity index (χ4v) is 4.49. The van der Waals surface area contributed by atoms with Crippen molar-refractivity contribution in [2.45, 2.75) is 19.3 Å². The monoisotopic (exact) mass is 411 g/mol. The molecule has 0 saturated heterocycles. The zero-order valence-corrected chi connectivity index (χ0v) is 17.4. The molecule has 1 aliphatic heterocycles. The zero-order valence-electron chi connectivity index (χ0n) is 17.4. The third-order valence-electron chi connectivity index (χ3n) is 6.25. The summed E-state index contributed by atoms with van der Waals surface area (Å²) in [7, 11) is 1.46. The molecule has 1 atom stereocenters. The van der Waals surface area contributed by atoms with Crippen molar-refractivity contribution in [3.63, 3.8) is 0 Å². The molecule has 154 valence electrons. The highest BCUT2D eigenvalue weighted by Gasteiger charge is 2.55.